The molecular weight excluding hydrogens is 360 g/mol. The van der Waals surface area contributed by atoms with Crippen LogP contribution in [0.15, 0.2) is 54.0 Å². The fraction of sp³-hybridized carbons (Fsp3) is 0.238. The number of nitrogens with zero attached hydrogens (tertiary/aromatic N) is 1. The first-order chi connectivity index (χ1) is 13.2. The summed E-state index contributed by atoms with van der Waals surface area (Å²) in [6.45, 7) is 0.856. The molecule has 2 heterocycles. The molecule has 138 valence electrons. The maximum atomic E-state index is 12.7. The van der Waals surface area contributed by atoms with E-state index in [1.165, 1.54) is 0 Å². The van der Waals surface area contributed by atoms with Crippen molar-refractivity contribution in [2.24, 2.45) is 5.92 Å². The molecule has 0 bridgehead atoms. The number of methoxy groups -OCH3 is 1. The summed E-state index contributed by atoms with van der Waals surface area (Å²) in [6.07, 6.45) is 0.645. The molecule has 2 aromatic carbocycles. The minimum atomic E-state index is -0.210. The van der Waals surface area contributed by atoms with E-state index in [4.69, 9.17) is 9.47 Å². The minimum Gasteiger partial charge on any atom is -0.497 e. The molecule has 1 amide bonds. The van der Waals surface area contributed by atoms with Crippen molar-refractivity contribution < 1.29 is 14.3 Å². The van der Waals surface area contributed by atoms with Gasteiger partial charge in [-0.25, -0.2) is 4.98 Å². The number of ether oxygens (including phenoxy) is 2. The summed E-state index contributed by atoms with van der Waals surface area (Å²) in [5.41, 5.74) is 4.81. The summed E-state index contributed by atoms with van der Waals surface area (Å²) in [7, 11) is 1.63. The Hall–Kier alpha value is -2.86. The van der Waals surface area contributed by atoms with E-state index in [1.807, 2.05) is 54.0 Å². The van der Waals surface area contributed by atoms with Crippen LogP contribution in [-0.2, 0) is 17.8 Å². The van der Waals surface area contributed by atoms with Crippen LogP contribution in [0.1, 0.15) is 10.4 Å². The fourth-order valence-corrected chi connectivity index (χ4v) is 3.93. The lowest BCUT2D eigenvalue weighted by Gasteiger charge is -2.25. The number of benzene rings is 2. The second kappa shape index (κ2) is 7.80. The molecule has 3 aromatic rings. The van der Waals surface area contributed by atoms with Crippen molar-refractivity contribution in [3.8, 4) is 22.8 Å². The van der Waals surface area contributed by atoms with Gasteiger partial charge in [0.1, 0.15) is 18.1 Å². The lowest BCUT2D eigenvalue weighted by molar-refractivity contribution is -0.126. The third kappa shape index (κ3) is 3.80. The molecular formula is C21H20N2O3S. The van der Waals surface area contributed by atoms with Gasteiger partial charge in [0.15, 0.2) is 0 Å². The Morgan fingerprint density at radius 1 is 1.30 bits per heavy atom. The van der Waals surface area contributed by atoms with E-state index in [9.17, 15) is 4.79 Å². The zero-order valence-electron chi connectivity index (χ0n) is 15.0. The molecule has 0 saturated heterocycles. The molecule has 0 fully saturated rings. The van der Waals surface area contributed by atoms with Crippen molar-refractivity contribution in [2.75, 3.05) is 13.7 Å². The summed E-state index contributed by atoms with van der Waals surface area (Å²) in [6, 6.07) is 15.7. The van der Waals surface area contributed by atoms with Crippen molar-refractivity contribution in [1.29, 1.82) is 0 Å². The molecule has 0 aliphatic carbocycles. The lowest BCUT2D eigenvalue weighted by atomic mass is 9.96. The van der Waals surface area contributed by atoms with Gasteiger partial charge in [-0.15, -0.1) is 11.3 Å². The fourth-order valence-electron chi connectivity index (χ4n) is 3.21. The number of thiazole rings is 1. The highest BCUT2D eigenvalue weighted by Crippen LogP contribution is 2.31. The van der Waals surface area contributed by atoms with E-state index < -0.39 is 0 Å². The van der Waals surface area contributed by atoms with Gasteiger partial charge in [0.2, 0.25) is 5.91 Å². The van der Waals surface area contributed by atoms with Crippen molar-refractivity contribution >= 4 is 17.2 Å². The Labute approximate surface area is 162 Å². The number of carbonyl (C=O) groups excluding carboxylic acids is 1. The third-order valence-electron chi connectivity index (χ3n) is 4.66. The largest absolute Gasteiger partial charge is 0.497 e. The second-order valence-corrected chi connectivity index (χ2v) is 7.33. The number of rotatable bonds is 5. The highest BCUT2D eigenvalue weighted by atomic mass is 32.1. The van der Waals surface area contributed by atoms with E-state index >= 15 is 0 Å². The van der Waals surface area contributed by atoms with Crippen LogP contribution >= 0.6 is 11.3 Å². The number of nitrogens with one attached hydrogen (secondary N) is 1. The lowest BCUT2D eigenvalue weighted by Crippen LogP contribution is -2.37. The molecule has 0 radical (unpaired) electrons. The Balaban J connectivity index is 1.41. The molecule has 6 heteroatoms. The molecule has 1 aliphatic rings. The maximum Gasteiger partial charge on any atom is 0.227 e. The predicted molar refractivity (Wildman–Crippen MR) is 105 cm³/mol. The minimum absolute atomic E-state index is 0.00381. The molecule has 27 heavy (non-hydrogen) atoms. The number of aromatic nitrogens is 1. The first-order valence-electron chi connectivity index (χ1n) is 8.80. The predicted octanol–water partition coefficient (Wildman–Crippen LogP) is 3.69. The molecule has 0 saturated carbocycles. The average Bonchev–Trinajstić information content (AvgIpc) is 3.20. The number of hydrogen-bond acceptors (Lipinski definition) is 5. The summed E-state index contributed by atoms with van der Waals surface area (Å²) < 4.78 is 11.0. The molecule has 1 N–H and O–H groups in total. The van der Waals surface area contributed by atoms with E-state index in [0.717, 1.165) is 33.2 Å². The van der Waals surface area contributed by atoms with Crippen molar-refractivity contribution in [2.45, 2.75) is 13.0 Å². The van der Waals surface area contributed by atoms with Crippen LogP contribution < -0.4 is 14.8 Å². The zero-order valence-corrected chi connectivity index (χ0v) is 15.8. The van der Waals surface area contributed by atoms with Gasteiger partial charge in [0.25, 0.3) is 0 Å². The first kappa shape index (κ1) is 17.5. The van der Waals surface area contributed by atoms with Gasteiger partial charge in [-0.3, -0.25) is 4.79 Å². The molecule has 0 unspecified atom stereocenters. The Kier molecular flexibility index (Phi) is 5.07. The Morgan fingerprint density at radius 2 is 2.15 bits per heavy atom. The van der Waals surface area contributed by atoms with Gasteiger partial charge in [0, 0.05) is 5.56 Å². The van der Waals surface area contributed by atoms with Gasteiger partial charge < -0.3 is 14.8 Å². The number of hydrogen-bond donors (Lipinski definition) is 1. The van der Waals surface area contributed by atoms with Crippen LogP contribution in [0.5, 0.6) is 11.5 Å². The van der Waals surface area contributed by atoms with E-state index in [0.29, 0.717) is 19.6 Å². The standard InChI is InChI=1S/C21H20N2O3S/c1-25-17-7-8-18-15(10-17)9-16(12-26-18)21(24)22-11-19-20(23-13-27-19)14-5-3-2-4-6-14/h2-8,10,13,16H,9,11-12H2,1H3,(H,22,24)/t16-/m1/s1. The van der Waals surface area contributed by atoms with Crippen molar-refractivity contribution in [3.05, 3.63) is 64.5 Å². The summed E-state index contributed by atoms with van der Waals surface area (Å²) in [5.74, 6) is 1.39. The van der Waals surface area contributed by atoms with Gasteiger partial charge >= 0.3 is 0 Å². The molecule has 1 atom stereocenters. The molecule has 5 nitrogen and oxygen atoms in total. The van der Waals surface area contributed by atoms with Crippen LogP contribution in [0.4, 0.5) is 0 Å². The number of fused-ring (bicyclic) bond motifs is 1. The molecule has 4 rings (SSSR count). The number of carbonyl (C=O) groups is 1. The SMILES string of the molecule is COc1ccc2c(c1)C[C@@H](C(=O)NCc1scnc1-c1ccccc1)CO2. The van der Waals surface area contributed by atoms with Crippen molar-refractivity contribution in [3.63, 3.8) is 0 Å². The summed E-state index contributed by atoms with van der Waals surface area (Å²) >= 11 is 1.55. The quantitative estimate of drug-likeness (QED) is 0.733. The van der Waals surface area contributed by atoms with Crippen molar-refractivity contribution in [1.82, 2.24) is 10.3 Å². The van der Waals surface area contributed by atoms with E-state index in [-0.39, 0.29) is 11.8 Å². The number of amides is 1. The maximum absolute atomic E-state index is 12.7. The van der Waals surface area contributed by atoms with Gasteiger partial charge in [-0.05, 0) is 30.2 Å². The van der Waals surface area contributed by atoms with Gasteiger partial charge in [-0.2, -0.15) is 0 Å². The smallest absolute Gasteiger partial charge is 0.227 e. The van der Waals surface area contributed by atoms with Crippen LogP contribution in [0.3, 0.4) is 0 Å². The van der Waals surface area contributed by atoms with Gasteiger partial charge in [0.05, 0.1) is 35.7 Å². The van der Waals surface area contributed by atoms with E-state index in [2.05, 4.69) is 10.3 Å². The summed E-state index contributed by atoms with van der Waals surface area (Å²) in [5, 5.41) is 3.04. The zero-order chi connectivity index (χ0) is 18.6. The molecule has 1 aromatic heterocycles. The van der Waals surface area contributed by atoms with Crippen LogP contribution in [-0.4, -0.2) is 24.6 Å². The normalized spacial score (nSPS) is 15.5. The highest BCUT2D eigenvalue weighted by molar-refractivity contribution is 7.10. The first-order valence-corrected chi connectivity index (χ1v) is 9.68. The highest BCUT2D eigenvalue weighted by Gasteiger charge is 2.26. The second-order valence-electron chi connectivity index (χ2n) is 6.39. The topological polar surface area (TPSA) is 60.5 Å². The van der Waals surface area contributed by atoms with Crippen LogP contribution in [0, 0.1) is 5.92 Å². The third-order valence-corrected chi connectivity index (χ3v) is 5.49. The van der Waals surface area contributed by atoms with Crippen LogP contribution in [0.2, 0.25) is 0 Å². The van der Waals surface area contributed by atoms with E-state index in [1.54, 1.807) is 18.4 Å². The molecule has 0 spiro atoms. The Morgan fingerprint density at radius 3 is 2.96 bits per heavy atom. The monoisotopic (exact) mass is 380 g/mol. The Bertz CT molecular complexity index is 940. The van der Waals surface area contributed by atoms with Crippen LogP contribution in [0.25, 0.3) is 11.3 Å². The average molecular weight is 380 g/mol. The summed E-state index contributed by atoms with van der Waals surface area (Å²) in [4.78, 5) is 18.2. The molecule has 1 aliphatic heterocycles. The van der Waals surface area contributed by atoms with Gasteiger partial charge in [-0.1, -0.05) is 30.3 Å².